The Morgan fingerprint density at radius 3 is 2.44 bits per heavy atom. The van der Waals surface area contributed by atoms with Crippen LogP contribution < -0.4 is 10.1 Å². The van der Waals surface area contributed by atoms with E-state index in [2.05, 4.69) is 10.2 Å². The van der Waals surface area contributed by atoms with Gasteiger partial charge in [0.25, 0.3) is 0 Å². The zero-order valence-corrected chi connectivity index (χ0v) is 16.9. The van der Waals surface area contributed by atoms with Gasteiger partial charge in [-0.1, -0.05) is 18.2 Å². The third kappa shape index (κ3) is 5.36. The van der Waals surface area contributed by atoms with Crippen LogP contribution in [0, 0.1) is 13.8 Å². The van der Waals surface area contributed by atoms with Crippen LogP contribution >= 0.6 is 0 Å². The number of rotatable bonds is 5. The second-order valence-electron chi connectivity index (χ2n) is 7.75. The number of carbonyl (C=O) groups excluding carboxylic acids is 1. The molecule has 1 atom stereocenters. The van der Waals surface area contributed by atoms with Gasteiger partial charge in [-0.15, -0.1) is 0 Å². The number of amides is 2. The first-order valence-electron chi connectivity index (χ1n) is 10.1. The maximum atomic E-state index is 12.6. The van der Waals surface area contributed by atoms with Crippen molar-refractivity contribution in [3.8, 4) is 5.75 Å². The van der Waals surface area contributed by atoms with Crippen molar-refractivity contribution >= 4 is 6.03 Å². The molecule has 3 rings (SSSR count). The number of para-hydroxylation sites is 1. The van der Waals surface area contributed by atoms with Gasteiger partial charge in [-0.25, -0.2) is 4.79 Å². The van der Waals surface area contributed by atoms with E-state index in [0.29, 0.717) is 12.6 Å². The Labute approximate surface area is 162 Å². The highest BCUT2D eigenvalue weighted by atomic mass is 16.5. The molecule has 2 saturated heterocycles. The van der Waals surface area contributed by atoms with Crippen LogP contribution in [0.25, 0.3) is 0 Å². The van der Waals surface area contributed by atoms with Crippen molar-refractivity contribution in [3.05, 3.63) is 29.3 Å². The van der Waals surface area contributed by atoms with Gasteiger partial charge < -0.3 is 19.7 Å². The fourth-order valence-electron chi connectivity index (χ4n) is 3.96. The minimum absolute atomic E-state index is 0.0213. The summed E-state index contributed by atoms with van der Waals surface area (Å²) in [5, 5.41) is 3.08. The molecule has 6 heteroatoms. The number of likely N-dealkylation sites (tertiary alicyclic amines) is 1. The molecule has 2 aliphatic heterocycles. The van der Waals surface area contributed by atoms with Crippen molar-refractivity contribution in [2.24, 2.45) is 0 Å². The largest absolute Gasteiger partial charge is 0.491 e. The molecule has 1 aromatic rings. The molecule has 0 aromatic heterocycles. The standard InChI is InChI=1S/C21H33N3O3/c1-16-5-4-6-17(2)20(16)27-15-18(3)22-21(25)24-9-7-19(8-10-24)23-11-13-26-14-12-23/h4-6,18-19H,7-15H2,1-3H3,(H,22,25). The van der Waals surface area contributed by atoms with Gasteiger partial charge in [-0.2, -0.15) is 0 Å². The molecule has 150 valence electrons. The SMILES string of the molecule is Cc1cccc(C)c1OCC(C)NC(=O)N1CCC(N2CCOCC2)CC1. The van der Waals surface area contributed by atoms with Crippen LogP contribution in [0.5, 0.6) is 5.75 Å². The fraction of sp³-hybridized carbons (Fsp3) is 0.667. The average molecular weight is 376 g/mol. The second-order valence-corrected chi connectivity index (χ2v) is 7.75. The van der Waals surface area contributed by atoms with E-state index in [0.717, 1.165) is 69.1 Å². The highest BCUT2D eigenvalue weighted by Gasteiger charge is 2.28. The first-order valence-corrected chi connectivity index (χ1v) is 10.1. The zero-order chi connectivity index (χ0) is 19.2. The number of hydrogen-bond acceptors (Lipinski definition) is 4. The minimum atomic E-state index is -0.0338. The van der Waals surface area contributed by atoms with E-state index in [4.69, 9.17) is 9.47 Å². The summed E-state index contributed by atoms with van der Waals surface area (Å²) in [6.07, 6.45) is 2.08. The molecule has 2 fully saturated rings. The number of carbonyl (C=O) groups is 1. The number of ether oxygens (including phenoxy) is 2. The van der Waals surface area contributed by atoms with Gasteiger partial charge in [0.1, 0.15) is 12.4 Å². The lowest BCUT2D eigenvalue weighted by atomic mass is 10.0. The van der Waals surface area contributed by atoms with E-state index in [1.807, 2.05) is 43.9 Å². The van der Waals surface area contributed by atoms with Gasteiger partial charge in [-0.3, -0.25) is 4.90 Å². The molecule has 0 radical (unpaired) electrons. The number of urea groups is 1. The van der Waals surface area contributed by atoms with Gasteiger partial charge in [0.05, 0.1) is 19.3 Å². The van der Waals surface area contributed by atoms with E-state index in [1.165, 1.54) is 0 Å². The summed E-state index contributed by atoms with van der Waals surface area (Å²) in [4.78, 5) is 17.0. The predicted octanol–water partition coefficient (Wildman–Crippen LogP) is 2.58. The Hall–Kier alpha value is -1.79. The molecule has 2 aliphatic rings. The smallest absolute Gasteiger partial charge is 0.317 e. The van der Waals surface area contributed by atoms with E-state index >= 15 is 0 Å². The summed E-state index contributed by atoms with van der Waals surface area (Å²) in [5.74, 6) is 0.921. The van der Waals surface area contributed by atoms with Crippen LogP contribution in [0.4, 0.5) is 4.79 Å². The van der Waals surface area contributed by atoms with Gasteiger partial charge in [0.2, 0.25) is 0 Å². The monoisotopic (exact) mass is 375 g/mol. The summed E-state index contributed by atoms with van der Waals surface area (Å²) < 4.78 is 11.4. The zero-order valence-electron chi connectivity index (χ0n) is 16.9. The molecule has 0 bridgehead atoms. The van der Waals surface area contributed by atoms with Crippen LogP contribution in [0.15, 0.2) is 18.2 Å². The quantitative estimate of drug-likeness (QED) is 0.859. The Kier molecular flexibility index (Phi) is 6.96. The van der Waals surface area contributed by atoms with Gasteiger partial charge in [0, 0.05) is 32.2 Å². The summed E-state index contributed by atoms with van der Waals surface area (Å²) in [6.45, 7) is 11.9. The minimum Gasteiger partial charge on any atom is -0.491 e. The Morgan fingerprint density at radius 1 is 1.19 bits per heavy atom. The molecule has 2 heterocycles. The van der Waals surface area contributed by atoms with E-state index in [1.54, 1.807) is 0 Å². The number of benzene rings is 1. The van der Waals surface area contributed by atoms with Crippen molar-refractivity contribution in [3.63, 3.8) is 0 Å². The average Bonchev–Trinajstić information content (AvgIpc) is 2.68. The molecule has 1 aromatic carbocycles. The maximum absolute atomic E-state index is 12.6. The third-order valence-corrected chi connectivity index (χ3v) is 5.57. The number of nitrogens with zero attached hydrogens (tertiary/aromatic N) is 2. The van der Waals surface area contributed by atoms with Gasteiger partial charge in [0.15, 0.2) is 0 Å². The molecule has 6 nitrogen and oxygen atoms in total. The molecule has 0 spiro atoms. The van der Waals surface area contributed by atoms with Gasteiger partial charge in [-0.05, 0) is 44.7 Å². The van der Waals surface area contributed by atoms with Crippen molar-refractivity contribution in [2.45, 2.75) is 45.7 Å². The topological polar surface area (TPSA) is 54.0 Å². The first-order chi connectivity index (χ1) is 13.0. The number of nitrogens with one attached hydrogen (secondary N) is 1. The maximum Gasteiger partial charge on any atom is 0.317 e. The van der Waals surface area contributed by atoms with Crippen molar-refractivity contribution in [1.29, 1.82) is 0 Å². The molecule has 0 aliphatic carbocycles. The van der Waals surface area contributed by atoms with E-state index in [9.17, 15) is 4.79 Å². The second kappa shape index (κ2) is 9.42. The normalized spacial score (nSPS) is 20.3. The van der Waals surface area contributed by atoms with Crippen LogP contribution in [0.3, 0.4) is 0 Å². The summed E-state index contributed by atoms with van der Waals surface area (Å²) in [5.41, 5.74) is 2.25. The van der Waals surface area contributed by atoms with Crippen LogP contribution in [-0.4, -0.2) is 73.9 Å². The molecule has 1 unspecified atom stereocenters. The van der Waals surface area contributed by atoms with Gasteiger partial charge >= 0.3 is 6.03 Å². The molecule has 0 saturated carbocycles. The summed E-state index contributed by atoms with van der Waals surface area (Å²) in [7, 11) is 0. The van der Waals surface area contributed by atoms with Crippen LogP contribution in [-0.2, 0) is 4.74 Å². The Bertz CT molecular complexity index is 603. The van der Waals surface area contributed by atoms with Crippen molar-refractivity contribution in [2.75, 3.05) is 46.0 Å². The molecular formula is C21H33N3O3. The number of piperidine rings is 1. The highest BCUT2D eigenvalue weighted by molar-refractivity contribution is 5.74. The fourth-order valence-corrected chi connectivity index (χ4v) is 3.96. The molecule has 2 amide bonds. The lowest BCUT2D eigenvalue weighted by Gasteiger charge is -2.40. The van der Waals surface area contributed by atoms with Crippen LogP contribution in [0.2, 0.25) is 0 Å². The number of aryl methyl sites for hydroxylation is 2. The number of morpholine rings is 1. The first kappa shape index (κ1) is 20.0. The van der Waals surface area contributed by atoms with Crippen molar-refractivity contribution < 1.29 is 14.3 Å². The highest BCUT2D eigenvalue weighted by Crippen LogP contribution is 2.22. The molecular weight excluding hydrogens is 342 g/mol. The Balaban J connectivity index is 1.41. The predicted molar refractivity (Wildman–Crippen MR) is 106 cm³/mol. The van der Waals surface area contributed by atoms with E-state index < -0.39 is 0 Å². The lowest BCUT2D eigenvalue weighted by Crippen LogP contribution is -2.53. The van der Waals surface area contributed by atoms with Crippen molar-refractivity contribution in [1.82, 2.24) is 15.1 Å². The van der Waals surface area contributed by atoms with E-state index in [-0.39, 0.29) is 12.1 Å². The molecule has 27 heavy (non-hydrogen) atoms. The Morgan fingerprint density at radius 2 is 1.81 bits per heavy atom. The number of hydrogen-bond donors (Lipinski definition) is 1. The molecule has 1 N–H and O–H groups in total. The summed E-state index contributed by atoms with van der Waals surface area (Å²) in [6, 6.07) is 6.70. The lowest BCUT2D eigenvalue weighted by molar-refractivity contribution is 0.00370. The van der Waals surface area contributed by atoms with Crippen LogP contribution in [0.1, 0.15) is 30.9 Å². The summed E-state index contributed by atoms with van der Waals surface area (Å²) >= 11 is 0. The third-order valence-electron chi connectivity index (χ3n) is 5.57.